The van der Waals surface area contributed by atoms with Crippen molar-refractivity contribution in [2.45, 2.75) is 24.0 Å². The molecule has 0 bridgehead atoms. The molecular weight excluding hydrogens is 310 g/mol. The van der Waals surface area contributed by atoms with E-state index in [0.29, 0.717) is 13.0 Å². The lowest BCUT2D eigenvalue weighted by Crippen LogP contribution is -2.30. The molecule has 9 heteroatoms. The molecule has 1 aliphatic heterocycles. The van der Waals surface area contributed by atoms with E-state index in [1.54, 1.807) is 12.4 Å². The molecule has 0 spiro atoms. The Bertz CT molecular complexity index is 765. The quantitative estimate of drug-likeness (QED) is 0.850. The molecule has 2 aromatic heterocycles. The molecule has 8 nitrogen and oxygen atoms in total. The highest BCUT2D eigenvalue weighted by molar-refractivity contribution is 7.89. The number of hydrogen-bond donors (Lipinski definition) is 1. The number of aromatic amines is 1. The van der Waals surface area contributed by atoms with Gasteiger partial charge in [0.1, 0.15) is 0 Å². The first-order valence-corrected chi connectivity index (χ1v) is 8.16. The third-order valence-electron chi connectivity index (χ3n) is 3.64. The summed E-state index contributed by atoms with van der Waals surface area (Å²) in [4.78, 5) is 11.4. The fraction of sp³-hybridized carbons (Fsp3) is 0.385. The van der Waals surface area contributed by atoms with E-state index in [0.717, 1.165) is 12.0 Å². The molecule has 2 aromatic rings. The van der Waals surface area contributed by atoms with E-state index >= 15 is 0 Å². The van der Waals surface area contributed by atoms with Gasteiger partial charge in [0.15, 0.2) is 0 Å². The monoisotopic (exact) mass is 325 g/mol. The zero-order valence-electron chi connectivity index (χ0n) is 11.9. The number of methoxy groups -OCH3 is 1. The molecular formula is C13H15N3O5S. The van der Waals surface area contributed by atoms with E-state index in [2.05, 4.69) is 14.9 Å². The smallest absolute Gasteiger partial charge is 0.374 e. The summed E-state index contributed by atoms with van der Waals surface area (Å²) in [6.07, 6.45) is 4.75. The van der Waals surface area contributed by atoms with Crippen LogP contribution in [0, 0.1) is 0 Å². The molecule has 1 fully saturated rings. The number of nitrogens with zero attached hydrogens (tertiary/aromatic N) is 2. The lowest BCUT2D eigenvalue weighted by atomic mass is 10.1. The van der Waals surface area contributed by atoms with E-state index in [-0.39, 0.29) is 16.9 Å². The molecule has 3 rings (SSSR count). The van der Waals surface area contributed by atoms with Gasteiger partial charge in [-0.25, -0.2) is 13.2 Å². The Kier molecular flexibility index (Phi) is 3.75. The maximum atomic E-state index is 12.7. The summed E-state index contributed by atoms with van der Waals surface area (Å²) in [5.74, 6) is -0.852. The van der Waals surface area contributed by atoms with Crippen molar-refractivity contribution in [3.63, 3.8) is 0 Å². The zero-order valence-corrected chi connectivity index (χ0v) is 12.7. The zero-order chi connectivity index (χ0) is 15.7. The number of rotatable bonds is 4. The van der Waals surface area contributed by atoms with Gasteiger partial charge in [-0.3, -0.25) is 5.10 Å². The number of esters is 1. The Balaban J connectivity index is 1.92. The van der Waals surface area contributed by atoms with Gasteiger partial charge in [-0.2, -0.15) is 9.40 Å². The number of nitrogens with one attached hydrogen (secondary N) is 1. The third kappa shape index (κ3) is 2.42. The topological polar surface area (TPSA) is 106 Å². The molecule has 118 valence electrons. The molecule has 0 aromatic carbocycles. The highest BCUT2D eigenvalue weighted by Crippen LogP contribution is 2.36. The average molecular weight is 325 g/mol. The molecule has 0 aliphatic carbocycles. The summed E-state index contributed by atoms with van der Waals surface area (Å²) >= 11 is 0. The van der Waals surface area contributed by atoms with Crippen molar-refractivity contribution in [1.29, 1.82) is 0 Å². The Labute approximate surface area is 127 Å². The lowest BCUT2D eigenvalue weighted by Gasteiger charge is -2.21. The predicted molar refractivity (Wildman–Crippen MR) is 74.5 cm³/mol. The number of sulfonamides is 1. The predicted octanol–water partition coefficient (Wildman–Crippen LogP) is 1.32. The molecule has 0 saturated carbocycles. The van der Waals surface area contributed by atoms with E-state index in [9.17, 15) is 13.2 Å². The van der Waals surface area contributed by atoms with Crippen molar-refractivity contribution in [3.8, 4) is 0 Å². The van der Waals surface area contributed by atoms with Crippen LogP contribution in [0.25, 0.3) is 0 Å². The first kappa shape index (κ1) is 14.8. The van der Waals surface area contributed by atoms with Crippen LogP contribution in [0.1, 0.15) is 35.0 Å². The van der Waals surface area contributed by atoms with Crippen molar-refractivity contribution in [2.24, 2.45) is 0 Å². The van der Waals surface area contributed by atoms with Gasteiger partial charge in [0, 0.05) is 18.3 Å². The fourth-order valence-electron chi connectivity index (χ4n) is 2.59. The Morgan fingerprint density at radius 3 is 3.00 bits per heavy atom. The van der Waals surface area contributed by atoms with Crippen LogP contribution in [-0.4, -0.2) is 42.5 Å². The van der Waals surface area contributed by atoms with Crippen LogP contribution in [0.3, 0.4) is 0 Å². The lowest BCUT2D eigenvalue weighted by molar-refractivity contribution is 0.0558. The molecule has 1 N–H and O–H groups in total. The van der Waals surface area contributed by atoms with Crippen molar-refractivity contribution >= 4 is 16.0 Å². The maximum Gasteiger partial charge on any atom is 0.374 e. The maximum absolute atomic E-state index is 12.7. The second-order valence-corrected chi connectivity index (χ2v) is 6.74. The Hall–Kier alpha value is -2.13. The normalized spacial score (nSPS) is 19.4. The van der Waals surface area contributed by atoms with E-state index in [1.807, 2.05) is 0 Å². The second kappa shape index (κ2) is 5.58. The summed E-state index contributed by atoms with van der Waals surface area (Å²) in [6, 6.07) is 2.28. The minimum absolute atomic E-state index is 0.139. The van der Waals surface area contributed by atoms with Crippen LogP contribution < -0.4 is 0 Å². The average Bonchev–Trinajstić information content (AvgIpc) is 3.25. The van der Waals surface area contributed by atoms with Gasteiger partial charge >= 0.3 is 5.97 Å². The minimum Gasteiger partial charge on any atom is -0.463 e. The summed E-state index contributed by atoms with van der Waals surface area (Å²) in [5.41, 5.74) is 0.806. The standard InChI is InChI=1S/C13H15N3O5S/c1-20-13(17)11-4-5-12(21-11)22(18,19)16-6-2-3-10(16)9-7-14-15-8-9/h4-5,7-8,10H,2-3,6H2,1H3,(H,14,15)/t10-/m1/s1. The molecule has 1 atom stereocenters. The van der Waals surface area contributed by atoms with Gasteiger partial charge in [-0.15, -0.1) is 0 Å². The molecule has 3 heterocycles. The van der Waals surface area contributed by atoms with Crippen molar-refractivity contribution in [1.82, 2.24) is 14.5 Å². The summed E-state index contributed by atoms with van der Waals surface area (Å²) in [6.45, 7) is 0.395. The van der Waals surface area contributed by atoms with Crippen molar-refractivity contribution in [2.75, 3.05) is 13.7 Å². The molecule has 1 aliphatic rings. The Morgan fingerprint density at radius 2 is 2.32 bits per heavy atom. The number of aromatic nitrogens is 2. The SMILES string of the molecule is COC(=O)c1ccc(S(=O)(=O)N2CCC[C@@H]2c2cn[nH]c2)o1. The second-order valence-electron chi connectivity index (χ2n) is 4.92. The van der Waals surface area contributed by atoms with E-state index < -0.39 is 16.0 Å². The summed E-state index contributed by atoms with van der Waals surface area (Å²) < 4.78 is 36.5. The number of H-pyrrole nitrogens is 1. The molecule has 0 unspecified atom stereocenters. The van der Waals surface area contributed by atoms with E-state index in [1.165, 1.54) is 23.5 Å². The minimum atomic E-state index is -3.82. The number of carbonyl (C=O) groups is 1. The number of ether oxygens (including phenoxy) is 1. The highest BCUT2D eigenvalue weighted by atomic mass is 32.2. The summed E-state index contributed by atoms with van der Waals surface area (Å²) in [5, 5.41) is 6.29. The van der Waals surface area contributed by atoms with Crippen LogP contribution in [-0.2, 0) is 14.8 Å². The van der Waals surface area contributed by atoms with Crippen LogP contribution in [0.2, 0.25) is 0 Å². The summed E-state index contributed by atoms with van der Waals surface area (Å²) in [7, 11) is -2.61. The van der Waals surface area contributed by atoms with Crippen LogP contribution in [0.4, 0.5) is 0 Å². The fourth-order valence-corrected chi connectivity index (χ4v) is 4.19. The van der Waals surface area contributed by atoms with Gasteiger partial charge in [0.05, 0.1) is 19.3 Å². The number of furan rings is 1. The molecule has 0 amide bonds. The van der Waals surface area contributed by atoms with E-state index in [4.69, 9.17) is 4.42 Å². The highest BCUT2D eigenvalue weighted by Gasteiger charge is 2.38. The van der Waals surface area contributed by atoms with Gasteiger partial charge in [0.2, 0.25) is 10.9 Å². The third-order valence-corrected chi connectivity index (χ3v) is 5.42. The van der Waals surface area contributed by atoms with Crippen LogP contribution in [0.15, 0.2) is 34.0 Å². The first-order valence-electron chi connectivity index (χ1n) is 6.72. The van der Waals surface area contributed by atoms with Gasteiger partial charge in [-0.05, 0) is 25.0 Å². The van der Waals surface area contributed by atoms with Crippen LogP contribution >= 0.6 is 0 Å². The largest absolute Gasteiger partial charge is 0.463 e. The van der Waals surface area contributed by atoms with Crippen molar-refractivity contribution in [3.05, 3.63) is 35.9 Å². The van der Waals surface area contributed by atoms with Gasteiger partial charge in [-0.1, -0.05) is 0 Å². The first-order chi connectivity index (χ1) is 10.5. The van der Waals surface area contributed by atoms with Crippen LogP contribution in [0.5, 0.6) is 0 Å². The number of carbonyl (C=O) groups excluding carboxylic acids is 1. The molecule has 1 saturated heterocycles. The van der Waals surface area contributed by atoms with Gasteiger partial charge in [0.25, 0.3) is 10.0 Å². The molecule has 22 heavy (non-hydrogen) atoms. The number of hydrogen-bond acceptors (Lipinski definition) is 6. The van der Waals surface area contributed by atoms with Gasteiger partial charge < -0.3 is 9.15 Å². The molecule has 0 radical (unpaired) electrons. The van der Waals surface area contributed by atoms with Crippen molar-refractivity contribution < 1.29 is 22.4 Å². The Morgan fingerprint density at radius 1 is 1.50 bits per heavy atom.